The Morgan fingerprint density at radius 3 is 2.88 bits per heavy atom. The molecule has 4 rings (SSSR count). The van der Waals surface area contributed by atoms with E-state index in [-0.39, 0.29) is 12.1 Å². The van der Waals surface area contributed by atoms with Crippen LogP contribution < -0.4 is 15.4 Å². The van der Waals surface area contributed by atoms with Crippen LogP contribution in [0.3, 0.4) is 0 Å². The Balaban J connectivity index is 1.65. The van der Waals surface area contributed by atoms with Crippen LogP contribution >= 0.6 is 11.3 Å². The van der Waals surface area contributed by atoms with E-state index in [0.717, 1.165) is 41.4 Å². The minimum atomic E-state index is -0.265. The van der Waals surface area contributed by atoms with Gasteiger partial charge < -0.3 is 15.4 Å². The number of benzene rings is 1. The molecular weight excluding hydrogens is 346 g/mol. The molecule has 6 heteroatoms. The van der Waals surface area contributed by atoms with Gasteiger partial charge in [-0.25, -0.2) is 0 Å². The highest BCUT2D eigenvalue weighted by molar-refractivity contribution is 7.16. The largest absolute Gasteiger partial charge is 0.493 e. The van der Waals surface area contributed by atoms with Gasteiger partial charge in [0.05, 0.1) is 12.2 Å². The maximum atomic E-state index is 12.9. The fraction of sp³-hybridized carbons (Fsp3) is 0.450. The smallest absolute Gasteiger partial charge is 0.256 e. The lowest BCUT2D eigenvalue weighted by Gasteiger charge is -2.31. The van der Waals surface area contributed by atoms with Gasteiger partial charge in [0.15, 0.2) is 0 Å². The highest BCUT2D eigenvalue weighted by atomic mass is 32.1. The molecule has 2 N–H and O–H groups in total. The van der Waals surface area contributed by atoms with Gasteiger partial charge in [0.2, 0.25) is 0 Å². The van der Waals surface area contributed by atoms with Crippen LogP contribution in [0.15, 0.2) is 24.3 Å². The summed E-state index contributed by atoms with van der Waals surface area (Å²) in [6.07, 6.45) is 0.674. The summed E-state index contributed by atoms with van der Waals surface area (Å²) in [7, 11) is 0. The molecule has 1 amide bonds. The Bertz CT molecular complexity index is 830. The predicted octanol–water partition coefficient (Wildman–Crippen LogP) is 3.77. The van der Waals surface area contributed by atoms with Gasteiger partial charge in [0, 0.05) is 29.6 Å². The molecule has 138 valence electrons. The summed E-state index contributed by atoms with van der Waals surface area (Å²) in [6.45, 7) is 8.96. The number of anilines is 1. The zero-order chi connectivity index (χ0) is 18.3. The van der Waals surface area contributed by atoms with Crippen molar-refractivity contribution in [1.29, 1.82) is 0 Å². The maximum Gasteiger partial charge on any atom is 0.256 e. The summed E-state index contributed by atoms with van der Waals surface area (Å²) in [5.41, 5.74) is 3.03. The van der Waals surface area contributed by atoms with E-state index in [0.29, 0.717) is 12.6 Å². The molecule has 26 heavy (non-hydrogen) atoms. The fourth-order valence-electron chi connectivity index (χ4n) is 3.74. The first kappa shape index (κ1) is 17.4. The molecule has 0 spiro atoms. The summed E-state index contributed by atoms with van der Waals surface area (Å²) in [5.74, 6) is 0.828. The van der Waals surface area contributed by atoms with Gasteiger partial charge in [-0.3, -0.25) is 9.69 Å². The Hall–Kier alpha value is -2.05. The zero-order valence-electron chi connectivity index (χ0n) is 15.5. The van der Waals surface area contributed by atoms with E-state index in [1.54, 1.807) is 11.3 Å². The molecule has 0 bridgehead atoms. The van der Waals surface area contributed by atoms with Crippen LogP contribution in [0.2, 0.25) is 0 Å². The number of thiophene rings is 1. The van der Waals surface area contributed by atoms with Crippen molar-refractivity contribution in [2.75, 3.05) is 18.5 Å². The van der Waals surface area contributed by atoms with E-state index in [9.17, 15) is 4.79 Å². The topological polar surface area (TPSA) is 53.6 Å². The molecule has 0 radical (unpaired) electrons. The number of hydrogen-bond donors (Lipinski definition) is 2. The van der Waals surface area contributed by atoms with E-state index >= 15 is 0 Å². The average Bonchev–Trinajstić information content (AvgIpc) is 3.00. The van der Waals surface area contributed by atoms with E-state index in [1.165, 1.54) is 10.4 Å². The molecule has 1 aromatic heterocycles. The molecule has 2 aromatic rings. The molecule has 1 aromatic carbocycles. The van der Waals surface area contributed by atoms with Crippen molar-refractivity contribution in [3.05, 3.63) is 45.8 Å². The van der Waals surface area contributed by atoms with E-state index in [1.807, 2.05) is 31.2 Å². The molecule has 1 atom stereocenters. The number of fused-ring (bicyclic) bond motifs is 3. The van der Waals surface area contributed by atoms with Gasteiger partial charge in [-0.1, -0.05) is 18.2 Å². The summed E-state index contributed by atoms with van der Waals surface area (Å²) in [6, 6.07) is 8.40. The van der Waals surface area contributed by atoms with E-state index in [4.69, 9.17) is 4.74 Å². The van der Waals surface area contributed by atoms with Crippen molar-refractivity contribution in [2.24, 2.45) is 0 Å². The molecular formula is C20H25N3O2S. The molecule has 1 unspecified atom stereocenters. The van der Waals surface area contributed by atoms with Gasteiger partial charge >= 0.3 is 0 Å². The zero-order valence-corrected chi connectivity index (χ0v) is 16.3. The third-order valence-electron chi connectivity index (χ3n) is 5.12. The lowest BCUT2D eigenvalue weighted by Crippen LogP contribution is -2.39. The first-order valence-electron chi connectivity index (χ1n) is 9.26. The van der Waals surface area contributed by atoms with Gasteiger partial charge in [0.1, 0.15) is 16.9 Å². The molecule has 0 saturated carbocycles. The van der Waals surface area contributed by atoms with Crippen molar-refractivity contribution in [1.82, 2.24) is 10.2 Å². The summed E-state index contributed by atoms with van der Waals surface area (Å²) in [5, 5.41) is 7.64. The lowest BCUT2D eigenvalue weighted by atomic mass is 9.99. The van der Waals surface area contributed by atoms with Crippen LogP contribution in [0.4, 0.5) is 5.00 Å². The number of carbonyl (C=O) groups is 1. The summed E-state index contributed by atoms with van der Waals surface area (Å²) >= 11 is 1.73. The second kappa shape index (κ2) is 6.93. The number of nitrogens with one attached hydrogen (secondary N) is 2. The molecule has 2 aliphatic rings. The normalized spacial score (nSPS) is 19.5. The maximum absolute atomic E-state index is 12.9. The SMILES string of the molecule is CCOc1ccccc1C1NC(=O)c2c(sc3c2CCN(C(C)C)C3)N1. The predicted molar refractivity (Wildman–Crippen MR) is 105 cm³/mol. The Morgan fingerprint density at radius 1 is 1.31 bits per heavy atom. The van der Waals surface area contributed by atoms with Gasteiger partial charge in [0.25, 0.3) is 5.91 Å². The standard InChI is InChI=1S/C20H25N3O2S/c1-4-25-15-8-6-5-7-13(15)18-21-19(24)17-14-9-10-23(12(2)3)11-16(14)26-20(17)22-18/h5-8,12,18,22H,4,9-11H2,1-3H3,(H,21,24). The highest BCUT2D eigenvalue weighted by Crippen LogP contribution is 2.41. The first-order valence-corrected chi connectivity index (χ1v) is 10.1. The summed E-state index contributed by atoms with van der Waals surface area (Å²) in [4.78, 5) is 16.7. The summed E-state index contributed by atoms with van der Waals surface area (Å²) < 4.78 is 5.74. The minimum absolute atomic E-state index is 0.0190. The first-order chi connectivity index (χ1) is 12.6. The van der Waals surface area contributed by atoms with Crippen LogP contribution in [0.25, 0.3) is 0 Å². The van der Waals surface area contributed by atoms with Crippen molar-refractivity contribution in [2.45, 2.75) is 45.9 Å². The molecule has 0 saturated heterocycles. The third kappa shape index (κ3) is 2.97. The number of nitrogens with zero attached hydrogens (tertiary/aromatic N) is 1. The second-order valence-electron chi connectivity index (χ2n) is 7.04. The lowest BCUT2D eigenvalue weighted by molar-refractivity contribution is 0.0934. The fourth-order valence-corrected chi connectivity index (χ4v) is 5.04. The van der Waals surface area contributed by atoms with Crippen LogP contribution in [0, 0.1) is 0 Å². The van der Waals surface area contributed by atoms with Gasteiger partial charge in [-0.2, -0.15) is 0 Å². The number of amides is 1. The molecule has 2 aliphatic heterocycles. The van der Waals surface area contributed by atoms with Crippen molar-refractivity contribution >= 4 is 22.2 Å². The average molecular weight is 372 g/mol. The van der Waals surface area contributed by atoms with E-state index < -0.39 is 0 Å². The number of para-hydroxylation sites is 1. The van der Waals surface area contributed by atoms with Gasteiger partial charge in [-0.15, -0.1) is 11.3 Å². The number of ether oxygens (including phenoxy) is 1. The Kier molecular flexibility index (Phi) is 4.63. The molecule has 3 heterocycles. The minimum Gasteiger partial charge on any atom is -0.493 e. The highest BCUT2D eigenvalue weighted by Gasteiger charge is 2.34. The van der Waals surface area contributed by atoms with E-state index in [2.05, 4.69) is 29.4 Å². The molecule has 0 aliphatic carbocycles. The van der Waals surface area contributed by atoms with Crippen LogP contribution in [0.5, 0.6) is 5.75 Å². The third-order valence-corrected chi connectivity index (χ3v) is 6.27. The van der Waals surface area contributed by atoms with Crippen molar-refractivity contribution < 1.29 is 9.53 Å². The van der Waals surface area contributed by atoms with Gasteiger partial charge in [-0.05, 0) is 38.8 Å². The quantitative estimate of drug-likeness (QED) is 0.859. The van der Waals surface area contributed by atoms with Crippen LogP contribution in [-0.2, 0) is 13.0 Å². The number of rotatable bonds is 4. The van der Waals surface area contributed by atoms with Crippen molar-refractivity contribution in [3.8, 4) is 5.75 Å². The van der Waals surface area contributed by atoms with Crippen LogP contribution in [-0.4, -0.2) is 30.0 Å². The van der Waals surface area contributed by atoms with Crippen molar-refractivity contribution in [3.63, 3.8) is 0 Å². The number of carbonyl (C=O) groups excluding carboxylic acids is 1. The Labute approximate surface area is 158 Å². The monoisotopic (exact) mass is 371 g/mol. The number of hydrogen-bond acceptors (Lipinski definition) is 5. The second-order valence-corrected chi connectivity index (χ2v) is 8.15. The molecule has 0 fully saturated rings. The molecule has 5 nitrogen and oxygen atoms in total. The Morgan fingerprint density at radius 2 is 2.12 bits per heavy atom. The van der Waals surface area contributed by atoms with Crippen LogP contribution in [0.1, 0.15) is 53.3 Å².